The fourth-order valence-electron chi connectivity index (χ4n) is 4.50. The summed E-state index contributed by atoms with van der Waals surface area (Å²) in [6, 6.07) is 33.3. The van der Waals surface area contributed by atoms with Crippen molar-refractivity contribution in [3.63, 3.8) is 0 Å². The molecule has 5 heteroatoms. The average molecular weight is 471 g/mol. The number of benzene rings is 5. The van der Waals surface area contributed by atoms with E-state index in [1.54, 1.807) is 12.1 Å². The maximum absolute atomic E-state index is 11.3. The van der Waals surface area contributed by atoms with Gasteiger partial charge in [0.1, 0.15) is 6.29 Å². The minimum Gasteiger partial charge on any atom is -0.399 e. The minimum atomic E-state index is 0.545. The van der Waals surface area contributed by atoms with Gasteiger partial charge in [-0.05, 0) is 111 Å². The van der Waals surface area contributed by atoms with Gasteiger partial charge < -0.3 is 22.9 Å². The Labute approximate surface area is 210 Å². The number of carbonyl (C=O) groups excluding carboxylic acids is 1. The normalized spacial score (nSPS) is 10.8. The predicted octanol–water partition coefficient (Wildman–Crippen LogP) is 6.50. The average Bonchev–Trinajstić information content (AvgIpc) is 2.87. The van der Waals surface area contributed by atoms with E-state index in [0.717, 1.165) is 50.8 Å². The highest BCUT2D eigenvalue weighted by Crippen LogP contribution is 2.34. The zero-order chi connectivity index (χ0) is 25.2. The van der Waals surface area contributed by atoms with E-state index < -0.39 is 0 Å². The first-order chi connectivity index (χ1) is 17.4. The molecular formula is C31H26N4O. The summed E-state index contributed by atoms with van der Waals surface area (Å²) in [4.78, 5) is 11.3. The minimum absolute atomic E-state index is 0.545. The third-order valence-corrected chi connectivity index (χ3v) is 6.11. The van der Waals surface area contributed by atoms with Gasteiger partial charge >= 0.3 is 0 Å². The van der Waals surface area contributed by atoms with Crippen LogP contribution in [-0.2, 0) is 0 Å². The van der Waals surface area contributed by atoms with Gasteiger partial charge in [0.2, 0.25) is 0 Å². The molecule has 0 aliphatic rings. The largest absolute Gasteiger partial charge is 0.399 e. The molecule has 0 amide bonds. The van der Waals surface area contributed by atoms with E-state index in [-0.39, 0.29) is 0 Å². The SMILES string of the molecule is Nc1cc(N)cc(-c2cccc(-c3cc(N)cc(-c4cccc(-c5cc(N)cc(C=O)c5)c4)c3)c2)c1. The fourth-order valence-corrected chi connectivity index (χ4v) is 4.50. The molecule has 5 aromatic carbocycles. The van der Waals surface area contributed by atoms with E-state index in [4.69, 9.17) is 22.9 Å². The number of hydrogen-bond acceptors (Lipinski definition) is 5. The Bertz CT molecular complexity index is 1590. The Morgan fingerprint density at radius 2 is 0.722 bits per heavy atom. The van der Waals surface area contributed by atoms with Gasteiger partial charge in [-0.1, -0.05) is 36.4 Å². The summed E-state index contributed by atoms with van der Waals surface area (Å²) in [6.45, 7) is 0. The van der Waals surface area contributed by atoms with Gasteiger partial charge in [-0.3, -0.25) is 4.79 Å². The molecule has 5 nitrogen and oxygen atoms in total. The van der Waals surface area contributed by atoms with Gasteiger partial charge in [-0.2, -0.15) is 0 Å². The molecule has 0 fully saturated rings. The van der Waals surface area contributed by atoms with Crippen LogP contribution in [0.5, 0.6) is 0 Å². The zero-order valence-corrected chi connectivity index (χ0v) is 19.6. The fraction of sp³-hybridized carbons (Fsp3) is 0. The van der Waals surface area contributed by atoms with Crippen LogP contribution in [0.3, 0.4) is 0 Å². The number of nitrogens with two attached hydrogens (primary N) is 4. The van der Waals surface area contributed by atoms with Gasteiger partial charge in [0.05, 0.1) is 0 Å². The van der Waals surface area contributed by atoms with Crippen LogP contribution in [0.4, 0.5) is 22.7 Å². The van der Waals surface area contributed by atoms with Crippen LogP contribution in [0.1, 0.15) is 10.4 Å². The summed E-state index contributed by atoms with van der Waals surface area (Å²) in [7, 11) is 0. The molecule has 0 aromatic heterocycles. The van der Waals surface area contributed by atoms with Crippen molar-refractivity contribution in [2.24, 2.45) is 0 Å². The lowest BCUT2D eigenvalue weighted by Crippen LogP contribution is -1.92. The van der Waals surface area contributed by atoms with Crippen LogP contribution in [0.25, 0.3) is 44.5 Å². The second kappa shape index (κ2) is 9.31. The Morgan fingerprint density at radius 3 is 1.17 bits per heavy atom. The van der Waals surface area contributed by atoms with Crippen molar-refractivity contribution in [1.29, 1.82) is 0 Å². The van der Waals surface area contributed by atoms with Crippen molar-refractivity contribution in [3.8, 4) is 44.5 Å². The van der Waals surface area contributed by atoms with Crippen LogP contribution in [-0.4, -0.2) is 6.29 Å². The van der Waals surface area contributed by atoms with E-state index >= 15 is 0 Å². The maximum Gasteiger partial charge on any atom is 0.150 e. The van der Waals surface area contributed by atoms with E-state index in [1.807, 2.05) is 66.7 Å². The Kier molecular flexibility index (Phi) is 5.88. The highest BCUT2D eigenvalue weighted by Gasteiger charge is 2.09. The van der Waals surface area contributed by atoms with E-state index in [9.17, 15) is 4.79 Å². The van der Waals surface area contributed by atoms with Crippen molar-refractivity contribution in [2.45, 2.75) is 0 Å². The van der Waals surface area contributed by atoms with Crippen LogP contribution < -0.4 is 22.9 Å². The van der Waals surface area contributed by atoms with Gasteiger partial charge in [-0.15, -0.1) is 0 Å². The van der Waals surface area contributed by atoms with Crippen LogP contribution in [0, 0.1) is 0 Å². The second-order valence-electron chi connectivity index (χ2n) is 8.90. The molecule has 0 spiro atoms. The Morgan fingerprint density at radius 1 is 0.389 bits per heavy atom. The van der Waals surface area contributed by atoms with Crippen molar-refractivity contribution in [2.75, 3.05) is 22.9 Å². The summed E-state index contributed by atoms with van der Waals surface area (Å²) < 4.78 is 0. The number of anilines is 4. The summed E-state index contributed by atoms with van der Waals surface area (Å²) in [6.07, 6.45) is 0.806. The summed E-state index contributed by atoms with van der Waals surface area (Å²) in [5, 5.41) is 0. The predicted molar refractivity (Wildman–Crippen MR) is 151 cm³/mol. The quantitative estimate of drug-likeness (QED) is 0.173. The molecule has 5 rings (SSSR count). The third-order valence-electron chi connectivity index (χ3n) is 6.11. The van der Waals surface area contributed by atoms with Crippen molar-refractivity contribution in [3.05, 3.63) is 109 Å². The first-order valence-corrected chi connectivity index (χ1v) is 11.5. The second-order valence-corrected chi connectivity index (χ2v) is 8.90. The number of hydrogen-bond donors (Lipinski definition) is 4. The molecular weight excluding hydrogens is 444 g/mol. The molecule has 0 bridgehead atoms. The third kappa shape index (κ3) is 4.76. The molecule has 36 heavy (non-hydrogen) atoms. The summed E-state index contributed by atoms with van der Waals surface area (Å²) in [5.74, 6) is 0. The van der Waals surface area contributed by atoms with E-state index in [1.165, 1.54) is 0 Å². The molecule has 0 aliphatic heterocycles. The smallest absolute Gasteiger partial charge is 0.150 e. The highest BCUT2D eigenvalue weighted by atomic mass is 16.1. The van der Waals surface area contributed by atoms with E-state index in [0.29, 0.717) is 28.3 Å². The maximum atomic E-state index is 11.3. The molecule has 0 aliphatic carbocycles. The lowest BCUT2D eigenvalue weighted by Gasteiger charge is -2.12. The lowest BCUT2D eigenvalue weighted by atomic mass is 9.94. The molecule has 0 unspecified atom stereocenters. The van der Waals surface area contributed by atoms with Crippen molar-refractivity contribution < 1.29 is 4.79 Å². The molecule has 176 valence electrons. The molecule has 0 saturated carbocycles. The number of aldehydes is 1. The van der Waals surface area contributed by atoms with Gasteiger partial charge in [0.25, 0.3) is 0 Å². The standard InChI is InChI=1S/C31H26N4O/c32-28-8-19(18-36)7-24(12-28)20-3-1-4-21(9-20)25-11-26(14-29(33)13-25)22-5-2-6-23(10-22)27-15-30(34)17-31(35)16-27/h1-18H,32-35H2. The summed E-state index contributed by atoms with van der Waals surface area (Å²) >= 11 is 0. The summed E-state index contributed by atoms with van der Waals surface area (Å²) in [5.41, 5.74) is 35.2. The molecule has 0 atom stereocenters. The highest BCUT2D eigenvalue weighted by molar-refractivity contribution is 5.85. The first-order valence-electron chi connectivity index (χ1n) is 11.5. The number of nitrogen functional groups attached to an aromatic ring is 4. The first kappa shape index (κ1) is 22.7. The van der Waals surface area contributed by atoms with Crippen molar-refractivity contribution in [1.82, 2.24) is 0 Å². The number of carbonyl (C=O) groups is 1. The Hall–Kier alpha value is -5.03. The molecule has 8 N–H and O–H groups in total. The van der Waals surface area contributed by atoms with Crippen LogP contribution in [0.15, 0.2) is 103 Å². The van der Waals surface area contributed by atoms with Crippen LogP contribution in [0.2, 0.25) is 0 Å². The van der Waals surface area contributed by atoms with E-state index in [2.05, 4.69) is 24.3 Å². The van der Waals surface area contributed by atoms with Gasteiger partial charge in [0, 0.05) is 28.3 Å². The topological polar surface area (TPSA) is 121 Å². The van der Waals surface area contributed by atoms with Gasteiger partial charge in [0.15, 0.2) is 0 Å². The van der Waals surface area contributed by atoms with Gasteiger partial charge in [-0.25, -0.2) is 0 Å². The van der Waals surface area contributed by atoms with Crippen molar-refractivity contribution >= 4 is 29.0 Å². The van der Waals surface area contributed by atoms with Crippen LogP contribution >= 0.6 is 0 Å². The monoisotopic (exact) mass is 470 g/mol. The molecule has 0 radical (unpaired) electrons. The number of rotatable bonds is 5. The lowest BCUT2D eigenvalue weighted by molar-refractivity contribution is 0.112. The zero-order valence-electron chi connectivity index (χ0n) is 19.6. The molecule has 0 saturated heterocycles. The molecule has 0 heterocycles. The molecule has 5 aromatic rings. The Balaban J connectivity index is 1.55.